The SMILES string of the molecule is CCC(C)(C)c1ccc(OC2CC(C)CCC2CN)cc1. The lowest BCUT2D eigenvalue weighted by Crippen LogP contribution is -2.37. The lowest BCUT2D eigenvalue weighted by Gasteiger charge is -2.34. The monoisotopic (exact) mass is 289 g/mol. The normalized spacial score (nSPS) is 26.6. The van der Waals surface area contributed by atoms with E-state index < -0.39 is 0 Å². The van der Waals surface area contributed by atoms with Gasteiger partial charge in [-0.1, -0.05) is 46.2 Å². The van der Waals surface area contributed by atoms with E-state index in [-0.39, 0.29) is 11.5 Å². The van der Waals surface area contributed by atoms with Gasteiger partial charge in [-0.2, -0.15) is 0 Å². The molecule has 0 heterocycles. The maximum Gasteiger partial charge on any atom is 0.119 e. The molecule has 1 aromatic carbocycles. The molecule has 0 bridgehead atoms. The molecule has 2 heteroatoms. The largest absolute Gasteiger partial charge is 0.490 e. The highest BCUT2D eigenvalue weighted by Gasteiger charge is 2.29. The summed E-state index contributed by atoms with van der Waals surface area (Å²) in [5.41, 5.74) is 7.53. The second kappa shape index (κ2) is 6.83. The first-order valence-corrected chi connectivity index (χ1v) is 8.43. The fraction of sp³-hybridized carbons (Fsp3) is 0.684. The molecule has 2 rings (SSSR count). The molecule has 3 atom stereocenters. The molecule has 1 fully saturated rings. The van der Waals surface area contributed by atoms with Crippen LogP contribution >= 0.6 is 0 Å². The van der Waals surface area contributed by atoms with Gasteiger partial charge in [0.25, 0.3) is 0 Å². The lowest BCUT2D eigenvalue weighted by atomic mass is 9.80. The van der Waals surface area contributed by atoms with E-state index >= 15 is 0 Å². The third kappa shape index (κ3) is 4.00. The van der Waals surface area contributed by atoms with Gasteiger partial charge in [0.15, 0.2) is 0 Å². The van der Waals surface area contributed by atoms with Crippen molar-refractivity contribution in [3.63, 3.8) is 0 Å². The molecular weight excluding hydrogens is 258 g/mol. The Kier molecular flexibility index (Phi) is 5.32. The van der Waals surface area contributed by atoms with Crippen LogP contribution in [0.25, 0.3) is 0 Å². The first kappa shape index (κ1) is 16.4. The molecule has 1 aliphatic carbocycles. The fourth-order valence-corrected chi connectivity index (χ4v) is 3.17. The molecule has 2 N–H and O–H groups in total. The highest BCUT2D eigenvalue weighted by Crippen LogP contribution is 2.33. The smallest absolute Gasteiger partial charge is 0.119 e. The molecule has 1 saturated carbocycles. The Morgan fingerprint density at radius 2 is 1.86 bits per heavy atom. The Balaban J connectivity index is 2.05. The van der Waals surface area contributed by atoms with Gasteiger partial charge in [0.05, 0.1) is 0 Å². The van der Waals surface area contributed by atoms with Crippen LogP contribution in [0.3, 0.4) is 0 Å². The molecule has 0 aromatic heterocycles. The zero-order chi connectivity index (χ0) is 15.5. The van der Waals surface area contributed by atoms with E-state index in [1.54, 1.807) is 0 Å². The van der Waals surface area contributed by atoms with Crippen molar-refractivity contribution in [1.29, 1.82) is 0 Å². The quantitative estimate of drug-likeness (QED) is 0.865. The van der Waals surface area contributed by atoms with E-state index in [1.165, 1.54) is 18.4 Å². The minimum absolute atomic E-state index is 0.234. The molecule has 118 valence electrons. The van der Waals surface area contributed by atoms with E-state index in [2.05, 4.69) is 52.0 Å². The predicted molar refractivity (Wildman–Crippen MR) is 89.7 cm³/mol. The van der Waals surface area contributed by atoms with Crippen molar-refractivity contribution in [1.82, 2.24) is 0 Å². The van der Waals surface area contributed by atoms with Crippen LogP contribution in [0.4, 0.5) is 0 Å². The van der Waals surface area contributed by atoms with E-state index in [0.29, 0.717) is 5.92 Å². The summed E-state index contributed by atoms with van der Waals surface area (Å²) >= 11 is 0. The molecule has 0 spiro atoms. The zero-order valence-electron chi connectivity index (χ0n) is 14.1. The Morgan fingerprint density at radius 1 is 1.19 bits per heavy atom. The van der Waals surface area contributed by atoms with Crippen LogP contribution in [0, 0.1) is 11.8 Å². The highest BCUT2D eigenvalue weighted by molar-refractivity contribution is 5.31. The minimum atomic E-state index is 0.234. The van der Waals surface area contributed by atoms with Crippen molar-refractivity contribution in [2.24, 2.45) is 17.6 Å². The van der Waals surface area contributed by atoms with Gasteiger partial charge < -0.3 is 10.5 Å². The fourth-order valence-electron chi connectivity index (χ4n) is 3.17. The van der Waals surface area contributed by atoms with E-state index in [1.807, 2.05) is 0 Å². The van der Waals surface area contributed by atoms with Crippen molar-refractivity contribution >= 4 is 0 Å². The van der Waals surface area contributed by atoms with Gasteiger partial charge in [-0.05, 0) is 54.8 Å². The summed E-state index contributed by atoms with van der Waals surface area (Å²) in [6.45, 7) is 9.86. The molecule has 3 unspecified atom stereocenters. The summed E-state index contributed by atoms with van der Waals surface area (Å²) in [5.74, 6) is 2.24. The molecule has 0 radical (unpaired) electrons. The highest BCUT2D eigenvalue weighted by atomic mass is 16.5. The number of nitrogens with two attached hydrogens (primary N) is 1. The summed E-state index contributed by atoms with van der Waals surface area (Å²) in [5, 5.41) is 0. The summed E-state index contributed by atoms with van der Waals surface area (Å²) in [4.78, 5) is 0. The van der Waals surface area contributed by atoms with E-state index in [9.17, 15) is 0 Å². The maximum absolute atomic E-state index is 6.25. The lowest BCUT2D eigenvalue weighted by molar-refractivity contribution is 0.0742. The number of hydrogen-bond acceptors (Lipinski definition) is 2. The first-order chi connectivity index (χ1) is 9.96. The van der Waals surface area contributed by atoms with Gasteiger partial charge in [-0.3, -0.25) is 0 Å². The van der Waals surface area contributed by atoms with Crippen LogP contribution in [0.2, 0.25) is 0 Å². The van der Waals surface area contributed by atoms with Crippen molar-refractivity contribution in [3.05, 3.63) is 29.8 Å². The standard InChI is InChI=1S/C19H31NO/c1-5-19(3,4)16-8-10-17(11-9-16)21-18-12-14(2)6-7-15(18)13-20/h8-11,14-15,18H,5-7,12-13,20H2,1-4H3. The molecule has 0 saturated heterocycles. The molecule has 1 aliphatic rings. The van der Waals surface area contributed by atoms with Crippen LogP contribution in [0.1, 0.15) is 58.9 Å². The first-order valence-electron chi connectivity index (χ1n) is 8.43. The van der Waals surface area contributed by atoms with Gasteiger partial charge in [-0.25, -0.2) is 0 Å². The topological polar surface area (TPSA) is 35.2 Å². The van der Waals surface area contributed by atoms with Gasteiger partial charge in [0.2, 0.25) is 0 Å². The number of rotatable bonds is 5. The molecular formula is C19H31NO. The summed E-state index contributed by atoms with van der Waals surface area (Å²) in [6.07, 6.45) is 5.03. The van der Waals surface area contributed by atoms with Crippen molar-refractivity contribution < 1.29 is 4.74 Å². The van der Waals surface area contributed by atoms with Gasteiger partial charge in [0, 0.05) is 5.92 Å². The third-order valence-corrected chi connectivity index (χ3v) is 5.30. The number of benzene rings is 1. The van der Waals surface area contributed by atoms with Crippen LogP contribution in [0.5, 0.6) is 5.75 Å². The van der Waals surface area contributed by atoms with E-state index in [0.717, 1.165) is 31.1 Å². The molecule has 0 aliphatic heterocycles. The number of ether oxygens (including phenoxy) is 1. The molecule has 2 nitrogen and oxygen atoms in total. The van der Waals surface area contributed by atoms with Crippen molar-refractivity contribution in [3.8, 4) is 5.75 Å². The number of hydrogen-bond donors (Lipinski definition) is 1. The van der Waals surface area contributed by atoms with E-state index in [4.69, 9.17) is 10.5 Å². The van der Waals surface area contributed by atoms with Gasteiger partial charge in [-0.15, -0.1) is 0 Å². The van der Waals surface area contributed by atoms with Gasteiger partial charge in [0.1, 0.15) is 11.9 Å². The Hall–Kier alpha value is -1.02. The summed E-state index contributed by atoms with van der Waals surface area (Å²) < 4.78 is 6.25. The second-order valence-corrected chi connectivity index (χ2v) is 7.33. The van der Waals surface area contributed by atoms with Crippen LogP contribution in [0.15, 0.2) is 24.3 Å². The maximum atomic E-state index is 6.25. The Labute approximate surface area is 130 Å². The Morgan fingerprint density at radius 3 is 2.43 bits per heavy atom. The van der Waals surface area contributed by atoms with Crippen molar-refractivity contribution in [2.45, 2.75) is 64.9 Å². The van der Waals surface area contributed by atoms with Crippen molar-refractivity contribution in [2.75, 3.05) is 6.54 Å². The minimum Gasteiger partial charge on any atom is -0.490 e. The van der Waals surface area contributed by atoms with Crippen LogP contribution < -0.4 is 10.5 Å². The average molecular weight is 289 g/mol. The summed E-state index contributed by atoms with van der Waals surface area (Å²) in [7, 11) is 0. The average Bonchev–Trinajstić information content (AvgIpc) is 2.48. The zero-order valence-corrected chi connectivity index (χ0v) is 14.1. The Bertz CT molecular complexity index is 437. The molecule has 21 heavy (non-hydrogen) atoms. The summed E-state index contributed by atoms with van der Waals surface area (Å²) in [6, 6.07) is 8.67. The van der Waals surface area contributed by atoms with Gasteiger partial charge >= 0.3 is 0 Å². The molecule has 0 amide bonds. The molecule has 1 aromatic rings. The van der Waals surface area contributed by atoms with Crippen LogP contribution in [-0.4, -0.2) is 12.6 Å². The van der Waals surface area contributed by atoms with Crippen LogP contribution in [-0.2, 0) is 5.41 Å². The third-order valence-electron chi connectivity index (χ3n) is 5.30. The predicted octanol–water partition coefficient (Wildman–Crippen LogP) is 4.52. The second-order valence-electron chi connectivity index (χ2n) is 7.33.